The Hall–Kier alpha value is -2.28. The Morgan fingerprint density at radius 2 is 1.96 bits per heavy atom. The van der Waals surface area contributed by atoms with Crippen molar-refractivity contribution in [1.29, 1.82) is 0 Å². The van der Waals surface area contributed by atoms with Crippen LogP contribution in [-0.2, 0) is 16.0 Å². The summed E-state index contributed by atoms with van der Waals surface area (Å²) in [5.74, 6) is 1.76. The first kappa shape index (κ1) is 22.8. The summed E-state index contributed by atoms with van der Waals surface area (Å²) >= 11 is 0. The number of carboxylic acid groups (broad SMARTS) is 1. The SMILES string of the molecule is COCCCOc1cc(C[C@@H](CC(C=O)NC(=O)O)C(C)C)ccc1OC. The van der Waals surface area contributed by atoms with E-state index in [1.165, 1.54) is 0 Å². The predicted molar refractivity (Wildman–Crippen MR) is 103 cm³/mol. The number of nitrogens with one attached hydrogen (secondary N) is 1. The van der Waals surface area contributed by atoms with Gasteiger partial charge < -0.3 is 29.4 Å². The Morgan fingerprint density at radius 3 is 2.52 bits per heavy atom. The van der Waals surface area contributed by atoms with E-state index < -0.39 is 12.1 Å². The molecule has 0 heterocycles. The molecular weight excluding hydrogens is 350 g/mol. The van der Waals surface area contributed by atoms with E-state index in [0.29, 0.717) is 43.8 Å². The van der Waals surface area contributed by atoms with E-state index in [9.17, 15) is 9.59 Å². The average molecular weight is 381 g/mol. The summed E-state index contributed by atoms with van der Waals surface area (Å²) < 4.78 is 16.2. The number of rotatable bonds is 13. The Morgan fingerprint density at radius 1 is 1.22 bits per heavy atom. The van der Waals surface area contributed by atoms with Gasteiger partial charge >= 0.3 is 6.09 Å². The molecule has 27 heavy (non-hydrogen) atoms. The Kier molecular flexibility index (Phi) is 10.3. The lowest BCUT2D eigenvalue weighted by molar-refractivity contribution is -0.109. The Balaban J connectivity index is 2.85. The van der Waals surface area contributed by atoms with Gasteiger partial charge in [0.1, 0.15) is 6.29 Å². The molecule has 152 valence electrons. The molecule has 0 saturated heterocycles. The van der Waals surface area contributed by atoms with Crippen molar-refractivity contribution in [3.05, 3.63) is 23.8 Å². The van der Waals surface area contributed by atoms with Crippen LogP contribution in [-0.4, -0.2) is 51.0 Å². The molecule has 7 nitrogen and oxygen atoms in total. The third kappa shape index (κ3) is 8.30. The highest BCUT2D eigenvalue weighted by atomic mass is 16.5. The maximum absolute atomic E-state index is 11.2. The van der Waals surface area contributed by atoms with Gasteiger partial charge in [-0.05, 0) is 42.4 Å². The van der Waals surface area contributed by atoms with Crippen molar-refractivity contribution in [2.24, 2.45) is 11.8 Å². The molecule has 1 aromatic rings. The summed E-state index contributed by atoms with van der Waals surface area (Å²) in [4.78, 5) is 22.0. The van der Waals surface area contributed by atoms with E-state index in [-0.39, 0.29) is 11.8 Å². The van der Waals surface area contributed by atoms with Gasteiger partial charge in [-0.3, -0.25) is 0 Å². The minimum atomic E-state index is -1.19. The molecule has 1 amide bonds. The van der Waals surface area contributed by atoms with Gasteiger partial charge in [0, 0.05) is 20.1 Å². The topological polar surface area (TPSA) is 94.1 Å². The van der Waals surface area contributed by atoms with Crippen molar-refractivity contribution in [2.45, 2.75) is 39.2 Å². The summed E-state index contributed by atoms with van der Waals surface area (Å²) in [6, 6.07) is 5.07. The summed E-state index contributed by atoms with van der Waals surface area (Å²) in [7, 11) is 3.25. The summed E-state index contributed by atoms with van der Waals surface area (Å²) in [5.41, 5.74) is 1.05. The summed E-state index contributed by atoms with van der Waals surface area (Å²) in [6.45, 7) is 5.29. The third-order valence-electron chi connectivity index (χ3n) is 4.45. The zero-order chi connectivity index (χ0) is 20.2. The molecule has 1 aromatic carbocycles. The molecule has 0 aliphatic heterocycles. The van der Waals surface area contributed by atoms with Crippen LogP contribution in [0.3, 0.4) is 0 Å². The van der Waals surface area contributed by atoms with E-state index in [2.05, 4.69) is 19.2 Å². The van der Waals surface area contributed by atoms with Gasteiger partial charge in [0.2, 0.25) is 0 Å². The van der Waals surface area contributed by atoms with Gasteiger partial charge in [-0.25, -0.2) is 4.79 Å². The lowest BCUT2D eigenvalue weighted by Crippen LogP contribution is -2.37. The van der Waals surface area contributed by atoms with Gasteiger partial charge in [0.05, 0.1) is 19.8 Å². The Labute approximate surface area is 161 Å². The molecule has 0 saturated carbocycles. The second-order valence-corrected chi connectivity index (χ2v) is 6.82. The van der Waals surface area contributed by atoms with Gasteiger partial charge in [-0.2, -0.15) is 0 Å². The van der Waals surface area contributed by atoms with Gasteiger partial charge in [-0.15, -0.1) is 0 Å². The van der Waals surface area contributed by atoms with E-state index in [4.69, 9.17) is 19.3 Å². The summed E-state index contributed by atoms with van der Waals surface area (Å²) in [5, 5.41) is 11.1. The van der Waals surface area contributed by atoms with Crippen LogP contribution in [0.5, 0.6) is 11.5 Å². The molecule has 0 radical (unpaired) electrons. The monoisotopic (exact) mass is 381 g/mol. The number of amides is 1. The van der Waals surface area contributed by atoms with Crippen LogP contribution < -0.4 is 14.8 Å². The molecule has 0 fully saturated rings. The quantitative estimate of drug-likeness (QED) is 0.403. The van der Waals surface area contributed by atoms with Crippen LogP contribution in [0.1, 0.15) is 32.3 Å². The smallest absolute Gasteiger partial charge is 0.405 e. The van der Waals surface area contributed by atoms with Crippen molar-refractivity contribution in [3.8, 4) is 11.5 Å². The van der Waals surface area contributed by atoms with Crippen LogP contribution in [0.15, 0.2) is 18.2 Å². The first-order valence-electron chi connectivity index (χ1n) is 9.14. The number of hydrogen-bond donors (Lipinski definition) is 2. The molecule has 7 heteroatoms. The van der Waals surface area contributed by atoms with Crippen molar-refractivity contribution >= 4 is 12.4 Å². The normalized spacial score (nSPS) is 13.1. The number of aldehydes is 1. The fourth-order valence-corrected chi connectivity index (χ4v) is 2.87. The van der Waals surface area contributed by atoms with E-state index in [1.54, 1.807) is 14.2 Å². The lowest BCUT2D eigenvalue weighted by Gasteiger charge is -2.24. The Bertz CT molecular complexity index is 590. The highest BCUT2D eigenvalue weighted by Crippen LogP contribution is 2.31. The minimum Gasteiger partial charge on any atom is -0.493 e. The molecule has 2 atom stereocenters. The maximum Gasteiger partial charge on any atom is 0.405 e. The van der Waals surface area contributed by atoms with E-state index >= 15 is 0 Å². The fraction of sp³-hybridized carbons (Fsp3) is 0.600. The van der Waals surface area contributed by atoms with Crippen molar-refractivity contribution in [3.63, 3.8) is 0 Å². The highest BCUT2D eigenvalue weighted by molar-refractivity contribution is 5.71. The summed E-state index contributed by atoms with van der Waals surface area (Å²) in [6.07, 6.45) is 1.40. The number of carbonyl (C=O) groups excluding carboxylic acids is 1. The molecule has 0 aromatic heterocycles. The van der Waals surface area contributed by atoms with Gasteiger partial charge in [-0.1, -0.05) is 19.9 Å². The van der Waals surface area contributed by atoms with Crippen molar-refractivity contribution in [1.82, 2.24) is 5.32 Å². The van der Waals surface area contributed by atoms with Crippen LogP contribution >= 0.6 is 0 Å². The van der Waals surface area contributed by atoms with Crippen LogP contribution in [0.25, 0.3) is 0 Å². The average Bonchev–Trinajstić information content (AvgIpc) is 2.63. The molecule has 1 unspecified atom stereocenters. The van der Waals surface area contributed by atoms with Crippen LogP contribution in [0.4, 0.5) is 4.79 Å². The molecule has 0 bridgehead atoms. The first-order chi connectivity index (χ1) is 12.9. The first-order valence-corrected chi connectivity index (χ1v) is 9.14. The van der Waals surface area contributed by atoms with E-state index in [0.717, 1.165) is 12.0 Å². The number of methoxy groups -OCH3 is 2. The third-order valence-corrected chi connectivity index (χ3v) is 4.45. The molecule has 1 rings (SSSR count). The molecular formula is C20H31NO6. The molecule has 2 N–H and O–H groups in total. The number of carbonyl (C=O) groups is 2. The zero-order valence-electron chi connectivity index (χ0n) is 16.6. The van der Waals surface area contributed by atoms with Gasteiger partial charge in [0.25, 0.3) is 0 Å². The lowest BCUT2D eigenvalue weighted by atomic mass is 9.84. The second-order valence-electron chi connectivity index (χ2n) is 6.82. The minimum absolute atomic E-state index is 0.141. The maximum atomic E-state index is 11.2. The zero-order valence-corrected chi connectivity index (χ0v) is 16.6. The second kappa shape index (κ2) is 12.2. The van der Waals surface area contributed by atoms with Gasteiger partial charge in [0.15, 0.2) is 11.5 Å². The number of hydrogen-bond acceptors (Lipinski definition) is 5. The predicted octanol–water partition coefficient (Wildman–Crippen LogP) is 3.15. The molecule has 0 aliphatic rings. The number of ether oxygens (including phenoxy) is 3. The number of benzene rings is 1. The van der Waals surface area contributed by atoms with Crippen LogP contribution in [0.2, 0.25) is 0 Å². The molecule has 0 spiro atoms. The van der Waals surface area contributed by atoms with E-state index in [1.807, 2.05) is 18.2 Å². The van der Waals surface area contributed by atoms with Crippen molar-refractivity contribution < 1.29 is 28.9 Å². The van der Waals surface area contributed by atoms with Crippen molar-refractivity contribution in [2.75, 3.05) is 27.4 Å². The van der Waals surface area contributed by atoms with Crippen LogP contribution in [0, 0.1) is 11.8 Å². The molecule has 0 aliphatic carbocycles. The fourth-order valence-electron chi connectivity index (χ4n) is 2.87. The largest absolute Gasteiger partial charge is 0.493 e. The highest BCUT2D eigenvalue weighted by Gasteiger charge is 2.21. The standard InChI is InChI=1S/C20H31NO6/c1-14(2)16(12-17(13-22)21-20(23)24)10-15-6-7-18(26-4)19(11-15)27-9-5-8-25-3/h6-7,11,13-14,16-17,21H,5,8-10,12H2,1-4H3,(H,23,24)/t16-,17?/m0/s1.